The zero-order valence-electron chi connectivity index (χ0n) is 13.2. The molecule has 3 N–H and O–H groups in total. The number of nitrogens with one attached hydrogen (secondary N) is 1. The molecule has 7 heteroatoms. The first kappa shape index (κ1) is 17.6. The van der Waals surface area contributed by atoms with Gasteiger partial charge in [0.2, 0.25) is 0 Å². The second-order valence-electron chi connectivity index (χ2n) is 5.19. The topological polar surface area (TPSA) is 91.2 Å². The van der Waals surface area contributed by atoms with E-state index in [0.29, 0.717) is 21.9 Å². The number of carbonyl (C=O) groups is 1. The fraction of sp³-hybridized carbons (Fsp3) is 0.176. The molecule has 126 valence electrons. The maximum atomic E-state index is 11.7. The average molecular weight is 349 g/mol. The number of phenols is 2. The van der Waals surface area contributed by atoms with Gasteiger partial charge in [-0.05, 0) is 49.2 Å². The van der Waals surface area contributed by atoms with E-state index in [1.807, 2.05) is 6.92 Å². The Kier molecular flexibility index (Phi) is 5.65. The summed E-state index contributed by atoms with van der Waals surface area (Å²) >= 11 is 5.92. The highest BCUT2D eigenvalue weighted by molar-refractivity contribution is 6.31. The van der Waals surface area contributed by atoms with Gasteiger partial charge in [-0.2, -0.15) is 5.10 Å². The normalized spacial score (nSPS) is 10.8. The van der Waals surface area contributed by atoms with Gasteiger partial charge in [0.1, 0.15) is 17.2 Å². The minimum atomic E-state index is -0.449. The summed E-state index contributed by atoms with van der Waals surface area (Å²) in [7, 11) is 0. The van der Waals surface area contributed by atoms with Crippen LogP contribution in [0.1, 0.15) is 16.7 Å². The lowest BCUT2D eigenvalue weighted by Crippen LogP contribution is -2.24. The first-order valence-electron chi connectivity index (χ1n) is 7.10. The van der Waals surface area contributed by atoms with Gasteiger partial charge < -0.3 is 14.9 Å². The molecule has 2 aromatic carbocycles. The predicted molar refractivity (Wildman–Crippen MR) is 91.9 cm³/mol. The fourth-order valence-electron chi connectivity index (χ4n) is 1.99. The van der Waals surface area contributed by atoms with E-state index in [4.69, 9.17) is 16.3 Å². The number of aromatic hydroxyl groups is 2. The van der Waals surface area contributed by atoms with E-state index < -0.39 is 5.91 Å². The molecule has 0 aliphatic carbocycles. The number of aryl methyl sites for hydroxylation is 2. The second kappa shape index (κ2) is 7.70. The number of benzene rings is 2. The SMILES string of the molecule is Cc1cc(OCC(=O)NN=Cc2c(C)cc(O)cc2O)ccc1Cl. The summed E-state index contributed by atoms with van der Waals surface area (Å²) in [6.07, 6.45) is 1.30. The summed E-state index contributed by atoms with van der Waals surface area (Å²) in [5.41, 5.74) is 4.18. The molecule has 6 nitrogen and oxygen atoms in total. The van der Waals surface area contributed by atoms with Crippen molar-refractivity contribution in [3.63, 3.8) is 0 Å². The van der Waals surface area contributed by atoms with Gasteiger partial charge in [-0.1, -0.05) is 11.6 Å². The van der Waals surface area contributed by atoms with E-state index in [0.717, 1.165) is 5.56 Å². The van der Waals surface area contributed by atoms with Crippen LogP contribution in [0.5, 0.6) is 17.2 Å². The van der Waals surface area contributed by atoms with Crippen LogP contribution in [0.15, 0.2) is 35.4 Å². The van der Waals surface area contributed by atoms with Gasteiger partial charge in [0, 0.05) is 16.7 Å². The summed E-state index contributed by atoms with van der Waals surface area (Å²) < 4.78 is 5.34. The van der Waals surface area contributed by atoms with Crippen molar-refractivity contribution in [2.75, 3.05) is 6.61 Å². The molecule has 0 spiro atoms. The number of carbonyl (C=O) groups excluding carboxylic acids is 1. The quantitative estimate of drug-likeness (QED) is 0.572. The maximum Gasteiger partial charge on any atom is 0.277 e. The Morgan fingerprint density at radius 2 is 2.00 bits per heavy atom. The van der Waals surface area contributed by atoms with Crippen LogP contribution in [0.2, 0.25) is 5.02 Å². The molecule has 0 radical (unpaired) electrons. The monoisotopic (exact) mass is 348 g/mol. The molecule has 0 aliphatic heterocycles. The highest BCUT2D eigenvalue weighted by atomic mass is 35.5. The third-order valence-corrected chi connectivity index (χ3v) is 3.66. The van der Waals surface area contributed by atoms with Crippen molar-refractivity contribution in [3.05, 3.63) is 52.0 Å². The zero-order valence-corrected chi connectivity index (χ0v) is 14.0. The van der Waals surface area contributed by atoms with E-state index in [1.165, 1.54) is 18.3 Å². The standard InChI is InChI=1S/C17H17ClN2O4/c1-10-5-12(21)7-16(22)14(10)8-19-20-17(23)9-24-13-3-4-15(18)11(2)6-13/h3-8,21-22H,9H2,1-2H3,(H,20,23). The van der Waals surface area contributed by atoms with Gasteiger partial charge >= 0.3 is 0 Å². The molecule has 0 unspecified atom stereocenters. The van der Waals surface area contributed by atoms with Crippen LogP contribution >= 0.6 is 11.6 Å². The predicted octanol–water partition coefficient (Wildman–Crippen LogP) is 2.90. The van der Waals surface area contributed by atoms with E-state index in [2.05, 4.69) is 10.5 Å². The molecule has 0 atom stereocenters. The number of hydrogen-bond acceptors (Lipinski definition) is 5. The smallest absolute Gasteiger partial charge is 0.277 e. The molecule has 0 bridgehead atoms. The van der Waals surface area contributed by atoms with Crippen LogP contribution in [0.25, 0.3) is 0 Å². The largest absolute Gasteiger partial charge is 0.508 e. The number of hydrazone groups is 1. The van der Waals surface area contributed by atoms with Gasteiger partial charge in [0.05, 0.1) is 6.21 Å². The summed E-state index contributed by atoms with van der Waals surface area (Å²) in [5.74, 6) is -0.0888. The first-order valence-corrected chi connectivity index (χ1v) is 7.48. The molecular weight excluding hydrogens is 332 g/mol. The number of rotatable bonds is 5. The van der Waals surface area contributed by atoms with Crippen molar-refractivity contribution in [3.8, 4) is 17.2 Å². The number of ether oxygens (including phenoxy) is 1. The summed E-state index contributed by atoms with van der Waals surface area (Å²) in [6.45, 7) is 3.33. The average Bonchev–Trinajstić information content (AvgIpc) is 2.51. The molecule has 24 heavy (non-hydrogen) atoms. The fourth-order valence-corrected chi connectivity index (χ4v) is 2.10. The third kappa shape index (κ3) is 4.63. The van der Waals surface area contributed by atoms with Gasteiger partial charge in [0.15, 0.2) is 6.61 Å². The summed E-state index contributed by atoms with van der Waals surface area (Å²) in [6, 6.07) is 7.77. The highest BCUT2D eigenvalue weighted by Gasteiger charge is 2.06. The zero-order chi connectivity index (χ0) is 17.7. The number of halogens is 1. The Bertz CT molecular complexity index is 767. The Balaban J connectivity index is 1.90. The van der Waals surface area contributed by atoms with Crippen LogP contribution in [0.4, 0.5) is 0 Å². The molecule has 0 fully saturated rings. The van der Waals surface area contributed by atoms with E-state index >= 15 is 0 Å². The lowest BCUT2D eigenvalue weighted by molar-refractivity contribution is -0.123. The Morgan fingerprint density at radius 3 is 2.67 bits per heavy atom. The number of amides is 1. The molecular formula is C17H17ClN2O4. The van der Waals surface area contributed by atoms with Crippen LogP contribution in [-0.2, 0) is 4.79 Å². The van der Waals surface area contributed by atoms with Gasteiger partial charge in [0.25, 0.3) is 5.91 Å². The highest BCUT2D eigenvalue weighted by Crippen LogP contribution is 2.25. The molecule has 0 saturated heterocycles. The number of hydrogen-bond donors (Lipinski definition) is 3. The van der Waals surface area contributed by atoms with Gasteiger partial charge in [-0.3, -0.25) is 4.79 Å². The van der Waals surface area contributed by atoms with Crippen molar-refractivity contribution < 1.29 is 19.7 Å². The molecule has 2 aromatic rings. The lowest BCUT2D eigenvalue weighted by Gasteiger charge is -2.07. The molecule has 0 saturated carbocycles. The molecule has 0 heterocycles. The van der Waals surface area contributed by atoms with Gasteiger partial charge in [-0.15, -0.1) is 0 Å². The maximum absolute atomic E-state index is 11.7. The molecule has 0 aliphatic rings. The number of phenolic OH excluding ortho intramolecular Hbond substituents is 2. The Morgan fingerprint density at radius 1 is 1.25 bits per heavy atom. The van der Waals surface area contributed by atoms with Crippen molar-refractivity contribution in [1.82, 2.24) is 5.43 Å². The minimum Gasteiger partial charge on any atom is -0.508 e. The van der Waals surface area contributed by atoms with Crippen LogP contribution in [-0.4, -0.2) is 28.9 Å². The van der Waals surface area contributed by atoms with E-state index in [1.54, 1.807) is 25.1 Å². The molecule has 0 aromatic heterocycles. The third-order valence-electron chi connectivity index (χ3n) is 3.23. The van der Waals surface area contributed by atoms with Crippen molar-refractivity contribution in [2.24, 2.45) is 5.10 Å². The summed E-state index contributed by atoms with van der Waals surface area (Å²) in [4.78, 5) is 11.7. The van der Waals surface area contributed by atoms with Crippen molar-refractivity contribution >= 4 is 23.7 Å². The van der Waals surface area contributed by atoms with Crippen molar-refractivity contribution in [1.29, 1.82) is 0 Å². The van der Waals surface area contributed by atoms with E-state index in [9.17, 15) is 15.0 Å². The lowest BCUT2D eigenvalue weighted by atomic mass is 10.1. The first-order chi connectivity index (χ1) is 11.4. The van der Waals surface area contributed by atoms with Crippen LogP contribution in [0, 0.1) is 13.8 Å². The molecule has 1 amide bonds. The second-order valence-corrected chi connectivity index (χ2v) is 5.60. The van der Waals surface area contributed by atoms with Crippen LogP contribution < -0.4 is 10.2 Å². The summed E-state index contributed by atoms with van der Waals surface area (Å²) in [5, 5.41) is 23.5. The Hall–Kier alpha value is -2.73. The Labute approximate surface area is 144 Å². The van der Waals surface area contributed by atoms with Gasteiger partial charge in [-0.25, -0.2) is 5.43 Å². The number of nitrogens with zero attached hydrogens (tertiary/aromatic N) is 1. The van der Waals surface area contributed by atoms with E-state index in [-0.39, 0.29) is 18.1 Å². The molecule has 2 rings (SSSR count). The minimum absolute atomic E-state index is 0.0437. The van der Waals surface area contributed by atoms with Crippen LogP contribution in [0.3, 0.4) is 0 Å². The van der Waals surface area contributed by atoms with Crippen molar-refractivity contribution in [2.45, 2.75) is 13.8 Å².